The Bertz CT molecular complexity index is 542. The average Bonchev–Trinajstić information content (AvgIpc) is 2.30. The van der Waals surface area contributed by atoms with Crippen LogP contribution in [0, 0.1) is 0 Å². The second-order valence-corrected chi connectivity index (χ2v) is 5.67. The minimum absolute atomic E-state index is 0.105. The first-order valence-electron chi connectivity index (χ1n) is 5.20. The van der Waals surface area contributed by atoms with Crippen LogP contribution < -0.4 is 21.5 Å². The molecular weight excluding hydrogens is 256 g/mol. The molecule has 0 aliphatic carbocycles. The predicted molar refractivity (Wildman–Crippen MR) is 70.7 cm³/mol. The number of sulfonamides is 1. The van der Waals surface area contributed by atoms with Crippen LogP contribution >= 0.6 is 0 Å². The Labute approximate surface area is 106 Å². The molecule has 0 heterocycles. The van der Waals surface area contributed by atoms with Crippen molar-refractivity contribution in [3.8, 4) is 0 Å². The molecule has 0 aliphatic heterocycles. The smallest absolute Gasteiger partial charge is 0.250 e. The maximum Gasteiger partial charge on any atom is 0.250 e. The number of nitrogens with one attached hydrogen (secondary N) is 2. The largest absolute Gasteiger partial charge is 0.399 e. The van der Waals surface area contributed by atoms with Gasteiger partial charge in [0.2, 0.25) is 10.0 Å². The number of primary amides is 1. The third-order valence-corrected chi connectivity index (χ3v) is 3.67. The topological polar surface area (TPSA) is 127 Å². The van der Waals surface area contributed by atoms with E-state index in [9.17, 15) is 13.2 Å². The van der Waals surface area contributed by atoms with Gasteiger partial charge in [0.1, 0.15) is 0 Å². The number of rotatable bonds is 6. The molecule has 1 rings (SSSR count). The van der Waals surface area contributed by atoms with Crippen LogP contribution in [-0.2, 0) is 10.0 Å². The summed E-state index contributed by atoms with van der Waals surface area (Å²) in [6.07, 6.45) is 0. The van der Waals surface area contributed by atoms with Crippen LogP contribution in [0.15, 0.2) is 18.2 Å². The van der Waals surface area contributed by atoms with E-state index in [1.165, 1.54) is 13.1 Å². The molecule has 0 aliphatic rings. The highest BCUT2D eigenvalue weighted by Gasteiger charge is 2.10. The maximum absolute atomic E-state index is 11.2. The minimum Gasteiger partial charge on any atom is -0.399 e. The van der Waals surface area contributed by atoms with Crippen molar-refractivity contribution in [2.24, 2.45) is 5.73 Å². The van der Waals surface area contributed by atoms with E-state index in [1.807, 2.05) is 0 Å². The lowest BCUT2D eigenvalue weighted by atomic mass is 10.1. The summed E-state index contributed by atoms with van der Waals surface area (Å²) in [6.45, 7) is 0.160. The Morgan fingerprint density at radius 3 is 2.61 bits per heavy atom. The molecule has 100 valence electrons. The van der Waals surface area contributed by atoms with Gasteiger partial charge in [0.15, 0.2) is 0 Å². The van der Waals surface area contributed by atoms with Gasteiger partial charge in [0.05, 0.1) is 11.3 Å². The van der Waals surface area contributed by atoms with Gasteiger partial charge < -0.3 is 16.8 Å². The SMILES string of the molecule is CNS(=O)(=O)CCNc1ccc(N)cc1C(N)=O. The van der Waals surface area contributed by atoms with E-state index < -0.39 is 15.9 Å². The molecule has 0 saturated heterocycles. The van der Waals surface area contributed by atoms with E-state index in [-0.39, 0.29) is 17.9 Å². The number of carbonyl (C=O) groups excluding carboxylic acids is 1. The lowest BCUT2D eigenvalue weighted by molar-refractivity contribution is 0.100. The summed E-state index contributed by atoms with van der Waals surface area (Å²) < 4.78 is 24.6. The molecule has 0 spiro atoms. The quantitative estimate of drug-likeness (QED) is 0.511. The molecule has 18 heavy (non-hydrogen) atoms. The van der Waals surface area contributed by atoms with E-state index >= 15 is 0 Å². The second-order valence-electron chi connectivity index (χ2n) is 3.62. The summed E-state index contributed by atoms with van der Waals surface area (Å²) in [6, 6.07) is 4.63. The second kappa shape index (κ2) is 5.69. The number of benzene rings is 1. The normalized spacial score (nSPS) is 11.2. The van der Waals surface area contributed by atoms with E-state index in [2.05, 4.69) is 10.0 Å². The van der Waals surface area contributed by atoms with Gasteiger partial charge in [-0.1, -0.05) is 0 Å². The summed E-state index contributed by atoms with van der Waals surface area (Å²) in [5.41, 5.74) is 11.9. The first-order valence-corrected chi connectivity index (χ1v) is 6.85. The van der Waals surface area contributed by atoms with Crippen molar-refractivity contribution in [2.75, 3.05) is 30.4 Å². The maximum atomic E-state index is 11.2. The van der Waals surface area contributed by atoms with Crippen molar-refractivity contribution < 1.29 is 13.2 Å². The molecule has 0 unspecified atom stereocenters. The number of carbonyl (C=O) groups is 1. The zero-order valence-corrected chi connectivity index (χ0v) is 10.8. The summed E-state index contributed by atoms with van der Waals surface area (Å²) in [5.74, 6) is -0.729. The number of amides is 1. The molecule has 0 fully saturated rings. The van der Waals surface area contributed by atoms with Gasteiger partial charge in [0.25, 0.3) is 5.91 Å². The van der Waals surface area contributed by atoms with Gasteiger partial charge in [-0.2, -0.15) is 0 Å². The number of anilines is 2. The molecule has 1 aromatic rings. The van der Waals surface area contributed by atoms with Gasteiger partial charge in [0, 0.05) is 17.9 Å². The highest BCUT2D eigenvalue weighted by atomic mass is 32.2. The lowest BCUT2D eigenvalue weighted by Crippen LogP contribution is -2.26. The van der Waals surface area contributed by atoms with Crippen LogP contribution in [0.4, 0.5) is 11.4 Å². The predicted octanol–water partition coefficient (Wildman–Crippen LogP) is -0.671. The molecule has 0 radical (unpaired) electrons. The van der Waals surface area contributed by atoms with Crippen LogP contribution in [0.3, 0.4) is 0 Å². The van der Waals surface area contributed by atoms with E-state index in [0.717, 1.165) is 0 Å². The Morgan fingerprint density at radius 2 is 2.06 bits per heavy atom. The number of nitrogen functional groups attached to an aromatic ring is 1. The Balaban J connectivity index is 2.77. The van der Waals surface area contributed by atoms with Crippen molar-refractivity contribution in [3.05, 3.63) is 23.8 Å². The molecular formula is C10H16N4O3S. The first kappa shape index (κ1) is 14.3. The average molecular weight is 272 g/mol. The van der Waals surface area contributed by atoms with Gasteiger partial charge in [-0.15, -0.1) is 0 Å². The third kappa shape index (κ3) is 3.90. The molecule has 1 amide bonds. The molecule has 7 nitrogen and oxygen atoms in total. The van der Waals surface area contributed by atoms with Gasteiger partial charge in [-0.3, -0.25) is 4.79 Å². The number of hydrogen-bond acceptors (Lipinski definition) is 5. The molecule has 0 atom stereocenters. The van der Waals surface area contributed by atoms with Crippen LogP contribution in [0.25, 0.3) is 0 Å². The zero-order chi connectivity index (χ0) is 13.8. The molecule has 1 aromatic carbocycles. The molecule has 0 saturated carbocycles. The summed E-state index contributed by atoms with van der Waals surface area (Å²) in [4.78, 5) is 11.2. The van der Waals surface area contributed by atoms with E-state index in [4.69, 9.17) is 11.5 Å². The fourth-order valence-electron chi connectivity index (χ4n) is 1.34. The first-order chi connectivity index (χ1) is 8.35. The molecule has 8 heteroatoms. The number of hydrogen-bond donors (Lipinski definition) is 4. The van der Waals surface area contributed by atoms with Gasteiger partial charge in [-0.05, 0) is 25.2 Å². The fraction of sp³-hybridized carbons (Fsp3) is 0.300. The zero-order valence-electron chi connectivity index (χ0n) is 9.93. The summed E-state index contributed by atoms with van der Waals surface area (Å²) >= 11 is 0. The highest BCUT2D eigenvalue weighted by molar-refractivity contribution is 7.89. The summed E-state index contributed by atoms with van der Waals surface area (Å²) in [7, 11) is -1.94. The molecule has 6 N–H and O–H groups in total. The standard InChI is InChI=1S/C10H16N4O3S/c1-13-18(16,17)5-4-14-9-3-2-7(11)6-8(9)10(12)15/h2-3,6,13-14H,4-5,11H2,1H3,(H2,12,15). The summed E-state index contributed by atoms with van der Waals surface area (Å²) in [5, 5.41) is 2.84. The van der Waals surface area contributed by atoms with Crippen LogP contribution in [0.1, 0.15) is 10.4 Å². The Hall–Kier alpha value is -1.80. The molecule has 0 bridgehead atoms. The van der Waals surface area contributed by atoms with E-state index in [1.54, 1.807) is 12.1 Å². The Kier molecular flexibility index (Phi) is 4.51. The van der Waals surface area contributed by atoms with E-state index in [0.29, 0.717) is 11.4 Å². The van der Waals surface area contributed by atoms with Gasteiger partial charge >= 0.3 is 0 Å². The monoisotopic (exact) mass is 272 g/mol. The van der Waals surface area contributed by atoms with Crippen LogP contribution in [0.5, 0.6) is 0 Å². The van der Waals surface area contributed by atoms with Crippen molar-refractivity contribution in [1.82, 2.24) is 4.72 Å². The van der Waals surface area contributed by atoms with Crippen molar-refractivity contribution in [2.45, 2.75) is 0 Å². The van der Waals surface area contributed by atoms with Gasteiger partial charge in [-0.25, -0.2) is 13.1 Å². The van der Waals surface area contributed by atoms with Crippen LogP contribution in [-0.4, -0.2) is 33.7 Å². The molecule has 0 aromatic heterocycles. The third-order valence-electron chi connectivity index (χ3n) is 2.31. The fourth-order valence-corrected chi connectivity index (χ4v) is 1.92. The minimum atomic E-state index is -3.28. The Morgan fingerprint density at radius 1 is 1.39 bits per heavy atom. The van der Waals surface area contributed by atoms with Crippen molar-refractivity contribution >= 4 is 27.3 Å². The van der Waals surface area contributed by atoms with Crippen LogP contribution in [0.2, 0.25) is 0 Å². The van der Waals surface area contributed by atoms with Crippen molar-refractivity contribution in [1.29, 1.82) is 0 Å². The lowest BCUT2D eigenvalue weighted by Gasteiger charge is -2.10. The van der Waals surface area contributed by atoms with Crippen molar-refractivity contribution in [3.63, 3.8) is 0 Å². The number of nitrogens with two attached hydrogens (primary N) is 2. The highest BCUT2D eigenvalue weighted by Crippen LogP contribution is 2.18.